The minimum Gasteiger partial charge on any atom is -0.439 e. The topological polar surface area (TPSA) is 96.5 Å². The summed E-state index contributed by atoms with van der Waals surface area (Å²) in [6.07, 6.45) is 2.66. The van der Waals surface area contributed by atoms with E-state index in [-0.39, 0.29) is 6.17 Å². The maximum atomic E-state index is 7.96. The predicted octanol–water partition coefficient (Wildman–Crippen LogP) is 0.0796. The Kier molecular flexibility index (Phi) is 5.88. The van der Waals surface area contributed by atoms with Gasteiger partial charge in [-0.2, -0.15) is 0 Å². The second-order valence-electron chi connectivity index (χ2n) is 5.06. The molecule has 0 aliphatic rings. The van der Waals surface area contributed by atoms with Gasteiger partial charge in [-0.1, -0.05) is 0 Å². The van der Waals surface area contributed by atoms with Crippen LogP contribution in [0.4, 0.5) is 0 Å². The zero-order chi connectivity index (χ0) is 13.7. The first kappa shape index (κ1) is 16.2. The van der Waals surface area contributed by atoms with Gasteiger partial charge >= 0.3 is 7.48 Å². The molecule has 0 rings (SSSR count). The Morgan fingerprint density at radius 3 is 2.29 bits per heavy atom. The summed E-state index contributed by atoms with van der Waals surface area (Å²) in [5, 5.41) is 7.96. The molecule has 97 valence electrons. The SMILES string of the molecule is CC(N)N=C/C([B]OC(C)(C)C(C)(C)[OH2+])=C\N. The zero-order valence-electron chi connectivity index (χ0n) is 11.3. The summed E-state index contributed by atoms with van der Waals surface area (Å²) >= 11 is 0. The van der Waals surface area contributed by atoms with Gasteiger partial charge in [-0.3, -0.25) is 4.99 Å². The molecule has 0 amide bonds. The lowest BCUT2D eigenvalue weighted by Crippen LogP contribution is -2.48. The van der Waals surface area contributed by atoms with Crippen LogP contribution in [0.2, 0.25) is 0 Å². The molecule has 0 bridgehead atoms. The number of nitrogens with zero attached hydrogens (tertiary/aromatic N) is 1. The van der Waals surface area contributed by atoms with E-state index in [9.17, 15) is 0 Å². The van der Waals surface area contributed by atoms with Gasteiger partial charge in [0.05, 0.1) is 6.17 Å². The number of allylic oxidation sites excluding steroid dienone is 1. The summed E-state index contributed by atoms with van der Waals surface area (Å²) in [6.45, 7) is 9.06. The van der Waals surface area contributed by atoms with E-state index in [2.05, 4.69) is 4.99 Å². The Hall–Kier alpha value is -0.845. The quantitative estimate of drug-likeness (QED) is 0.391. The van der Waals surface area contributed by atoms with Gasteiger partial charge in [0.1, 0.15) is 5.60 Å². The maximum Gasteiger partial charge on any atom is 0.334 e. The van der Waals surface area contributed by atoms with E-state index >= 15 is 0 Å². The average Bonchev–Trinajstić information content (AvgIpc) is 2.15. The van der Waals surface area contributed by atoms with E-state index in [1.54, 1.807) is 27.0 Å². The van der Waals surface area contributed by atoms with Crippen molar-refractivity contribution in [2.75, 3.05) is 0 Å². The van der Waals surface area contributed by atoms with Gasteiger partial charge in [-0.15, -0.1) is 0 Å². The van der Waals surface area contributed by atoms with Crippen molar-refractivity contribution in [1.82, 2.24) is 0 Å². The Morgan fingerprint density at radius 1 is 1.41 bits per heavy atom. The summed E-state index contributed by atoms with van der Waals surface area (Å²) in [5.74, 6) is 0. The van der Waals surface area contributed by atoms with Crippen molar-refractivity contribution < 1.29 is 9.76 Å². The zero-order valence-corrected chi connectivity index (χ0v) is 11.3. The normalized spacial score (nSPS) is 16.3. The van der Waals surface area contributed by atoms with Crippen LogP contribution in [0.5, 0.6) is 0 Å². The fourth-order valence-electron chi connectivity index (χ4n) is 0.679. The number of rotatable bonds is 6. The van der Waals surface area contributed by atoms with Gasteiger partial charge in [0, 0.05) is 20.1 Å². The van der Waals surface area contributed by atoms with E-state index in [0.717, 1.165) is 0 Å². The average molecular weight is 241 g/mol. The third-order valence-electron chi connectivity index (χ3n) is 2.65. The molecule has 0 heterocycles. The molecule has 1 atom stereocenters. The molecule has 6 N–H and O–H groups in total. The van der Waals surface area contributed by atoms with Crippen LogP contribution in [0.1, 0.15) is 34.6 Å². The van der Waals surface area contributed by atoms with Crippen LogP contribution < -0.4 is 11.5 Å². The van der Waals surface area contributed by atoms with Crippen LogP contribution in [-0.4, -0.2) is 36.2 Å². The molecule has 17 heavy (non-hydrogen) atoms. The summed E-state index contributed by atoms with van der Waals surface area (Å²) in [4.78, 5) is 4.00. The second kappa shape index (κ2) is 6.19. The van der Waals surface area contributed by atoms with Crippen molar-refractivity contribution in [2.45, 2.75) is 52.0 Å². The van der Waals surface area contributed by atoms with Gasteiger partial charge < -0.3 is 21.2 Å². The van der Waals surface area contributed by atoms with Crippen molar-refractivity contribution in [2.24, 2.45) is 16.5 Å². The van der Waals surface area contributed by atoms with Crippen LogP contribution in [0, 0.1) is 0 Å². The van der Waals surface area contributed by atoms with Crippen LogP contribution in [0.3, 0.4) is 0 Å². The lowest BCUT2D eigenvalue weighted by molar-refractivity contribution is -0.0895. The Balaban J connectivity index is 4.45. The van der Waals surface area contributed by atoms with Crippen molar-refractivity contribution in [3.05, 3.63) is 11.7 Å². The molecule has 0 aliphatic heterocycles. The molecular weight excluding hydrogens is 217 g/mol. The molecule has 0 aromatic rings. The van der Waals surface area contributed by atoms with Crippen LogP contribution in [0.15, 0.2) is 16.7 Å². The fourth-order valence-corrected chi connectivity index (χ4v) is 0.679. The molecule has 5 nitrogen and oxygen atoms in total. The molecule has 0 aromatic carbocycles. The van der Waals surface area contributed by atoms with Crippen molar-refractivity contribution in [3.8, 4) is 0 Å². The van der Waals surface area contributed by atoms with Crippen molar-refractivity contribution in [1.29, 1.82) is 0 Å². The lowest BCUT2D eigenvalue weighted by Gasteiger charge is -2.33. The molecule has 6 heteroatoms. The Morgan fingerprint density at radius 2 is 1.94 bits per heavy atom. The summed E-state index contributed by atoms with van der Waals surface area (Å²) in [5.41, 5.74) is 10.2. The first-order valence-electron chi connectivity index (χ1n) is 5.57. The highest BCUT2D eigenvalue weighted by Crippen LogP contribution is 2.24. The summed E-state index contributed by atoms with van der Waals surface area (Å²) in [6, 6.07) is 0. The summed E-state index contributed by atoms with van der Waals surface area (Å²) < 4.78 is 5.59. The number of nitrogens with two attached hydrogens (primary N) is 2. The third-order valence-corrected chi connectivity index (χ3v) is 2.65. The van der Waals surface area contributed by atoms with Crippen LogP contribution >= 0.6 is 0 Å². The smallest absolute Gasteiger partial charge is 0.334 e. The Bertz CT molecular complexity index is 294. The second-order valence-corrected chi connectivity index (χ2v) is 5.06. The molecule has 1 unspecified atom stereocenters. The molecule has 0 saturated carbocycles. The highest BCUT2D eigenvalue weighted by molar-refractivity contribution is 6.46. The van der Waals surface area contributed by atoms with Crippen LogP contribution in [0.25, 0.3) is 0 Å². The maximum absolute atomic E-state index is 7.96. The number of hydrogen-bond acceptors (Lipinski definition) is 4. The van der Waals surface area contributed by atoms with Crippen molar-refractivity contribution in [3.63, 3.8) is 0 Å². The van der Waals surface area contributed by atoms with E-state index in [1.807, 2.05) is 13.8 Å². The highest BCUT2D eigenvalue weighted by atomic mass is 16.5. The Labute approximate surface area is 104 Å². The number of hydrogen-bond donors (Lipinski definition) is 2. The summed E-state index contributed by atoms with van der Waals surface area (Å²) in [7, 11) is 1.50. The minimum atomic E-state index is -0.721. The van der Waals surface area contributed by atoms with Gasteiger partial charge in [0.2, 0.25) is 0 Å². The van der Waals surface area contributed by atoms with Crippen LogP contribution in [-0.2, 0) is 4.65 Å². The molecule has 0 fully saturated rings. The molecule has 1 radical (unpaired) electrons. The lowest BCUT2D eigenvalue weighted by atomic mass is 9.83. The monoisotopic (exact) mass is 241 g/mol. The van der Waals surface area contributed by atoms with Gasteiger partial charge in [-0.05, 0) is 32.4 Å². The van der Waals surface area contributed by atoms with Crippen molar-refractivity contribution >= 4 is 13.7 Å². The number of aliphatic imine (C=N–C) groups is 1. The third kappa shape index (κ3) is 5.86. The molecule has 0 aromatic heterocycles. The van der Waals surface area contributed by atoms with E-state index < -0.39 is 11.2 Å². The van der Waals surface area contributed by atoms with Gasteiger partial charge in [-0.25, -0.2) is 0 Å². The molecule has 0 saturated heterocycles. The van der Waals surface area contributed by atoms with Gasteiger partial charge in [0.15, 0.2) is 5.60 Å². The van der Waals surface area contributed by atoms with E-state index in [4.69, 9.17) is 21.2 Å². The van der Waals surface area contributed by atoms with E-state index in [0.29, 0.717) is 5.47 Å². The standard InChI is InChI=1S/C11H23BN3O2/c1-8(14)15-7-9(6-13)12-17-11(4,5)10(2,3)16/h6-8,16H,13-14H2,1-5H3/p+1/b9-6+,15-7?. The molecular formula is C11H24BN3O2+. The molecule has 0 spiro atoms. The first-order chi connectivity index (χ1) is 7.60. The van der Waals surface area contributed by atoms with Gasteiger partial charge in [0.25, 0.3) is 0 Å². The largest absolute Gasteiger partial charge is 0.439 e. The molecule has 0 aliphatic carbocycles. The fraction of sp³-hybridized carbons (Fsp3) is 0.727. The van der Waals surface area contributed by atoms with E-state index in [1.165, 1.54) is 13.7 Å². The first-order valence-corrected chi connectivity index (χ1v) is 5.57. The minimum absolute atomic E-state index is 0.279. The predicted molar refractivity (Wildman–Crippen MR) is 73.0 cm³/mol. The highest BCUT2D eigenvalue weighted by Gasteiger charge is 2.40.